The van der Waals surface area contributed by atoms with Gasteiger partial charge in [-0.15, -0.1) is 0 Å². The van der Waals surface area contributed by atoms with Crippen LogP contribution in [0.2, 0.25) is 0 Å². The molecule has 1 aromatic carbocycles. The summed E-state index contributed by atoms with van der Waals surface area (Å²) in [4.78, 5) is 15.7. The minimum Gasteiger partial charge on any atom is -0.465 e. The molecule has 1 amide bonds. The van der Waals surface area contributed by atoms with Gasteiger partial charge in [-0.1, -0.05) is 30.3 Å². The zero-order chi connectivity index (χ0) is 14.3. The maximum Gasteiger partial charge on any atom is 0.407 e. The van der Waals surface area contributed by atoms with Crippen LogP contribution in [0, 0.1) is 0 Å². The summed E-state index contributed by atoms with van der Waals surface area (Å²) in [6.07, 6.45) is 1.64. The zero-order valence-corrected chi connectivity index (χ0v) is 12.1. The number of hydrogen-bond acceptors (Lipinski definition) is 2. The summed E-state index contributed by atoms with van der Waals surface area (Å²) in [7, 11) is 0. The van der Waals surface area contributed by atoms with Crippen molar-refractivity contribution in [1.29, 1.82) is 0 Å². The van der Waals surface area contributed by atoms with Gasteiger partial charge in [0.25, 0.3) is 0 Å². The van der Waals surface area contributed by atoms with Crippen LogP contribution < -0.4 is 0 Å². The Hall–Kier alpha value is -1.55. The third-order valence-electron chi connectivity index (χ3n) is 4.84. The van der Waals surface area contributed by atoms with Gasteiger partial charge >= 0.3 is 6.09 Å². The van der Waals surface area contributed by atoms with E-state index in [4.69, 9.17) is 0 Å². The van der Waals surface area contributed by atoms with Gasteiger partial charge in [0.1, 0.15) is 0 Å². The van der Waals surface area contributed by atoms with Crippen LogP contribution in [-0.4, -0.2) is 45.7 Å². The van der Waals surface area contributed by atoms with Gasteiger partial charge in [-0.3, -0.25) is 9.80 Å². The van der Waals surface area contributed by atoms with E-state index in [1.54, 1.807) is 4.90 Å². The molecular formula is C16H22N2O2. The fourth-order valence-electron chi connectivity index (χ4n) is 3.37. The average Bonchev–Trinajstić information content (AvgIpc) is 3.18. The molecule has 2 aliphatic rings. The summed E-state index contributed by atoms with van der Waals surface area (Å²) < 4.78 is 0. The molecule has 0 aromatic heterocycles. The van der Waals surface area contributed by atoms with Crippen LogP contribution in [0.25, 0.3) is 0 Å². The van der Waals surface area contributed by atoms with Gasteiger partial charge in [-0.05, 0) is 32.3 Å². The predicted octanol–water partition coefficient (Wildman–Crippen LogP) is 2.96. The first-order valence-electron chi connectivity index (χ1n) is 7.32. The highest BCUT2D eigenvalue weighted by atomic mass is 16.4. The largest absolute Gasteiger partial charge is 0.465 e. The van der Waals surface area contributed by atoms with Gasteiger partial charge in [-0.2, -0.15) is 0 Å². The molecule has 4 heteroatoms. The fourth-order valence-corrected chi connectivity index (χ4v) is 3.37. The van der Waals surface area contributed by atoms with Gasteiger partial charge < -0.3 is 5.11 Å². The van der Waals surface area contributed by atoms with E-state index in [-0.39, 0.29) is 11.6 Å². The SMILES string of the molecule is CC1CN(C(=O)O)C(c2ccccc2)CN1C1(C)CC1. The highest BCUT2D eigenvalue weighted by Crippen LogP contribution is 2.45. The van der Waals surface area contributed by atoms with Crippen molar-refractivity contribution >= 4 is 6.09 Å². The lowest BCUT2D eigenvalue weighted by molar-refractivity contribution is 0.00978. The molecule has 1 heterocycles. The zero-order valence-electron chi connectivity index (χ0n) is 12.1. The number of nitrogens with zero attached hydrogens (tertiary/aromatic N) is 2. The molecule has 1 saturated carbocycles. The predicted molar refractivity (Wildman–Crippen MR) is 77.7 cm³/mol. The van der Waals surface area contributed by atoms with E-state index in [0.29, 0.717) is 12.6 Å². The minimum atomic E-state index is -0.814. The number of piperazine rings is 1. The summed E-state index contributed by atoms with van der Waals surface area (Å²) in [5.74, 6) is 0. The van der Waals surface area contributed by atoms with Gasteiger partial charge in [-0.25, -0.2) is 4.79 Å². The number of carboxylic acid groups (broad SMARTS) is 1. The third-order valence-corrected chi connectivity index (χ3v) is 4.84. The molecule has 2 unspecified atom stereocenters. The van der Waals surface area contributed by atoms with Crippen molar-refractivity contribution in [3.8, 4) is 0 Å². The van der Waals surface area contributed by atoms with Crippen LogP contribution in [0.15, 0.2) is 30.3 Å². The van der Waals surface area contributed by atoms with Crippen LogP contribution in [0.1, 0.15) is 38.3 Å². The minimum absolute atomic E-state index is 0.0534. The standard InChI is InChI=1S/C16H22N2O2/c1-12-10-17(15(19)20)14(13-6-4-3-5-7-13)11-18(12)16(2)8-9-16/h3-7,12,14H,8-11H2,1-2H3,(H,19,20). The maximum absolute atomic E-state index is 11.6. The normalized spacial score (nSPS) is 29.2. The molecule has 0 spiro atoms. The highest BCUT2D eigenvalue weighted by molar-refractivity contribution is 5.66. The molecule has 1 aliphatic heterocycles. The van der Waals surface area contributed by atoms with Gasteiger partial charge in [0.15, 0.2) is 0 Å². The number of amides is 1. The molecule has 4 nitrogen and oxygen atoms in total. The van der Waals surface area contributed by atoms with Gasteiger partial charge in [0, 0.05) is 24.7 Å². The first-order chi connectivity index (χ1) is 9.51. The van der Waals surface area contributed by atoms with Crippen molar-refractivity contribution in [2.45, 2.75) is 44.3 Å². The smallest absolute Gasteiger partial charge is 0.407 e. The van der Waals surface area contributed by atoms with Gasteiger partial charge in [0.2, 0.25) is 0 Å². The lowest BCUT2D eigenvalue weighted by atomic mass is 9.98. The van der Waals surface area contributed by atoms with Crippen LogP contribution in [0.3, 0.4) is 0 Å². The van der Waals surface area contributed by atoms with Crippen molar-refractivity contribution in [3.05, 3.63) is 35.9 Å². The molecule has 2 atom stereocenters. The Morgan fingerprint density at radius 3 is 2.45 bits per heavy atom. The van der Waals surface area contributed by atoms with E-state index in [9.17, 15) is 9.90 Å². The first kappa shape index (κ1) is 13.4. The third kappa shape index (κ3) is 2.29. The topological polar surface area (TPSA) is 43.8 Å². The summed E-state index contributed by atoms with van der Waals surface area (Å²) in [5.41, 5.74) is 1.38. The Morgan fingerprint density at radius 2 is 1.90 bits per heavy atom. The second kappa shape index (κ2) is 4.77. The van der Waals surface area contributed by atoms with Crippen LogP contribution in [0.4, 0.5) is 4.79 Å². The van der Waals surface area contributed by atoms with Crippen molar-refractivity contribution < 1.29 is 9.90 Å². The molecule has 108 valence electrons. The molecule has 1 aliphatic carbocycles. The van der Waals surface area contributed by atoms with E-state index in [1.165, 1.54) is 12.8 Å². The Labute approximate surface area is 120 Å². The molecule has 1 saturated heterocycles. The first-order valence-corrected chi connectivity index (χ1v) is 7.32. The van der Waals surface area contributed by atoms with E-state index in [1.807, 2.05) is 30.3 Å². The van der Waals surface area contributed by atoms with E-state index in [0.717, 1.165) is 12.1 Å². The summed E-state index contributed by atoms with van der Waals surface area (Å²) in [6.45, 7) is 5.82. The Kier molecular flexibility index (Phi) is 3.21. The Morgan fingerprint density at radius 1 is 1.25 bits per heavy atom. The average molecular weight is 274 g/mol. The van der Waals surface area contributed by atoms with E-state index >= 15 is 0 Å². The molecular weight excluding hydrogens is 252 g/mol. The van der Waals surface area contributed by atoms with Gasteiger partial charge in [0.05, 0.1) is 6.04 Å². The maximum atomic E-state index is 11.6. The van der Waals surface area contributed by atoms with E-state index < -0.39 is 6.09 Å². The molecule has 2 fully saturated rings. The lowest BCUT2D eigenvalue weighted by Crippen LogP contribution is -2.58. The van der Waals surface area contributed by atoms with Crippen molar-refractivity contribution in [2.24, 2.45) is 0 Å². The number of benzene rings is 1. The summed E-state index contributed by atoms with van der Waals surface area (Å²) >= 11 is 0. The number of carbonyl (C=O) groups is 1. The summed E-state index contributed by atoms with van der Waals surface area (Å²) in [5, 5.41) is 9.50. The van der Waals surface area contributed by atoms with E-state index in [2.05, 4.69) is 18.7 Å². The number of hydrogen-bond donors (Lipinski definition) is 1. The molecule has 0 bridgehead atoms. The molecule has 1 aromatic rings. The fraction of sp³-hybridized carbons (Fsp3) is 0.562. The second-order valence-corrected chi connectivity index (χ2v) is 6.36. The second-order valence-electron chi connectivity index (χ2n) is 6.36. The van der Waals surface area contributed by atoms with Crippen molar-refractivity contribution in [2.75, 3.05) is 13.1 Å². The molecule has 0 radical (unpaired) electrons. The highest BCUT2D eigenvalue weighted by Gasteiger charge is 2.49. The van der Waals surface area contributed by atoms with Crippen LogP contribution in [0.5, 0.6) is 0 Å². The molecule has 20 heavy (non-hydrogen) atoms. The van der Waals surface area contributed by atoms with Crippen LogP contribution in [-0.2, 0) is 0 Å². The Bertz CT molecular complexity index is 498. The van der Waals surface area contributed by atoms with Crippen molar-refractivity contribution in [3.63, 3.8) is 0 Å². The van der Waals surface area contributed by atoms with Crippen LogP contribution >= 0.6 is 0 Å². The lowest BCUT2D eigenvalue weighted by Gasteiger charge is -2.47. The van der Waals surface area contributed by atoms with Crippen molar-refractivity contribution in [1.82, 2.24) is 9.80 Å². The summed E-state index contributed by atoms with van der Waals surface area (Å²) in [6, 6.07) is 10.2. The monoisotopic (exact) mass is 274 g/mol. The quantitative estimate of drug-likeness (QED) is 0.901. The number of rotatable bonds is 2. The molecule has 1 N–H and O–H groups in total. The Balaban J connectivity index is 1.89. The molecule has 3 rings (SSSR count).